The van der Waals surface area contributed by atoms with E-state index >= 15 is 0 Å². The lowest BCUT2D eigenvalue weighted by molar-refractivity contribution is 0.169. The molecule has 0 saturated carbocycles. The lowest BCUT2D eigenvalue weighted by atomic mass is 9.97. The van der Waals surface area contributed by atoms with Crippen molar-refractivity contribution in [1.29, 1.82) is 0 Å². The number of anilines is 1. The summed E-state index contributed by atoms with van der Waals surface area (Å²) in [4.78, 5) is 0. The Hall–Kier alpha value is -3.82. The SMILES string of the molecule is Cc1cccc(NCC(O)Cn2c(-c3ccccc3)c(-c3ccccc3)c3cc(C)cc(C)c32)c1. The number of aliphatic hydroxyl groups excluding tert-OH is 1. The number of benzene rings is 4. The first kappa shape index (κ1) is 22.9. The summed E-state index contributed by atoms with van der Waals surface area (Å²) in [5.41, 5.74) is 10.6. The molecule has 0 aliphatic heterocycles. The number of rotatable bonds is 7. The third-order valence-corrected chi connectivity index (χ3v) is 6.55. The third kappa shape index (κ3) is 4.73. The highest BCUT2D eigenvalue weighted by Gasteiger charge is 2.23. The number of fused-ring (bicyclic) bond motifs is 1. The van der Waals surface area contributed by atoms with Gasteiger partial charge in [-0.15, -0.1) is 0 Å². The summed E-state index contributed by atoms with van der Waals surface area (Å²) in [6.45, 7) is 7.38. The molecule has 176 valence electrons. The van der Waals surface area contributed by atoms with E-state index in [2.05, 4.69) is 116 Å². The zero-order chi connectivity index (χ0) is 24.4. The maximum atomic E-state index is 11.2. The highest BCUT2D eigenvalue weighted by atomic mass is 16.3. The topological polar surface area (TPSA) is 37.2 Å². The Labute approximate surface area is 207 Å². The molecule has 1 aromatic heterocycles. The van der Waals surface area contributed by atoms with Gasteiger partial charge in [0.1, 0.15) is 0 Å². The normalized spacial score (nSPS) is 12.1. The Kier molecular flexibility index (Phi) is 6.43. The van der Waals surface area contributed by atoms with Crippen LogP contribution in [-0.2, 0) is 6.54 Å². The number of nitrogens with one attached hydrogen (secondary N) is 1. The van der Waals surface area contributed by atoms with Crippen molar-refractivity contribution >= 4 is 16.6 Å². The van der Waals surface area contributed by atoms with Gasteiger partial charge in [0.15, 0.2) is 0 Å². The number of aliphatic hydroxyl groups is 1. The molecule has 3 nitrogen and oxygen atoms in total. The van der Waals surface area contributed by atoms with E-state index in [0.717, 1.165) is 16.9 Å². The summed E-state index contributed by atoms with van der Waals surface area (Å²) in [5.74, 6) is 0. The average Bonchev–Trinajstić information content (AvgIpc) is 3.17. The molecule has 5 aromatic rings. The van der Waals surface area contributed by atoms with Crippen LogP contribution in [0, 0.1) is 20.8 Å². The van der Waals surface area contributed by atoms with E-state index < -0.39 is 6.10 Å². The zero-order valence-electron chi connectivity index (χ0n) is 20.6. The predicted molar refractivity (Wildman–Crippen MR) is 148 cm³/mol. The fourth-order valence-corrected chi connectivity index (χ4v) is 5.12. The molecular formula is C32H32N2O. The van der Waals surface area contributed by atoms with Gasteiger partial charge in [-0.3, -0.25) is 0 Å². The molecule has 1 atom stereocenters. The number of aromatic nitrogens is 1. The van der Waals surface area contributed by atoms with E-state index in [1.54, 1.807) is 0 Å². The summed E-state index contributed by atoms with van der Waals surface area (Å²) < 4.78 is 2.32. The monoisotopic (exact) mass is 460 g/mol. The lowest BCUT2D eigenvalue weighted by Gasteiger charge is -2.19. The van der Waals surface area contributed by atoms with Gasteiger partial charge in [0, 0.05) is 23.2 Å². The molecule has 1 unspecified atom stereocenters. The number of nitrogens with zero attached hydrogens (tertiary/aromatic N) is 1. The second-order valence-electron chi connectivity index (χ2n) is 9.45. The fraction of sp³-hybridized carbons (Fsp3) is 0.188. The van der Waals surface area contributed by atoms with Gasteiger partial charge >= 0.3 is 0 Å². The first-order chi connectivity index (χ1) is 17.0. The molecule has 0 aliphatic carbocycles. The van der Waals surface area contributed by atoms with Crippen LogP contribution in [0.15, 0.2) is 97.1 Å². The van der Waals surface area contributed by atoms with Crippen LogP contribution in [0.1, 0.15) is 16.7 Å². The summed E-state index contributed by atoms with van der Waals surface area (Å²) >= 11 is 0. The van der Waals surface area contributed by atoms with Crippen LogP contribution in [0.5, 0.6) is 0 Å². The first-order valence-corrected chi connectivity index (χ1v) is 12.2. The van der Waals surface area contributed by atoms with Crippen molar-refractivity contribution in [3.63, 3.8) is 0 Å². The summed E-state index contributed by atoms with van der Waals surface area (Å²) in [5, 5.41) is 15.8. The summed E-state index contributed by atoms with van der Waals surface area (Å²) in [6, 6.07) is 33.9. The molecular weight excluding hydrogens is 428 g/mol. The molecule has 0 amide bonds. The standard InChI is InChI=1S/C32H32N2O/c1-22-11-10-16-27(18-22)33-20-28(35)21-34-31-24(3)17-23(2)19-29(31)30(25-12-6-4-7-13-25)32(34)26-14-8-5-9-15-26/h4-19,28,33,35H,20-21H2,1-3H3. The van der Waals surface area contributed by atoms with Gasteiger partial charge < -0.3 is 15.0 Å². The van der Waals surface area contributed by atoms with Crippen molar-refractivity contribution < 1.29 is 5.11 Å². The largest absolute Gasteiger partial charge is 0.389 e. The first-order valence-electron chi connectivity index (χ1n) is 12.2. The van der Waals surface area contributed by atoms with Crippen LogP contribution in [-0.4, -0.2) is 22.3 Å². The van der Waals surface area contributed by atoms with E-state index in [9.17, 15) is 5.11 Å². The molecule has 0 bridgehead atoms. The fourth-order valence-electron chi connectivity index (χ4n) is 5.12. The lowest BCUT2D eigenvalue weighted by Crippen LogP contribution is -2.25. The minimum absolute atomic E-state index is 0.475. The highest BCUT2D eigenvalue weighted by Crippen LogP contribution is 2.42. The predicted octanol–water partition coefficient (Wildman–Crippen LogP) is 7.37. The molecule has 3 heteroatoms. The number of aryl methyl sites for hydroxylation is 3. The number of hydrogen-bond acceptors (Lipinski definition) is 2. The van der Waals surface area contributed by atoms with Crippen LogP contribution >= 0.6 is 0 Å². The zero-order valence-corrected chi connectivity index (χ0v) is 20.6. The molecule has 0 fully saturated rings. The van der Waals surface area contributed by atoms with Gasteiger partial charge in [-0.05, 0) is 61.2 Å². The van der Waals surface area contributed by atoms with Crippen LogP contribution < -0.4 is 5.32 Å². The van der Waals surface area contributed by atoms with Crippen molar-refractivity contribution in [2.75, 3.05) is 11.9 Å². The minimum Gasteiger partial charge on any atom is -0.389 e. The second-order valence-corrected chi connectivity index (χ2v) is 9.45. The Morgan fingerprint density at radius 2 is 1.43 bits per heavy atom. The molecule has 0 saturated heterocycles. The molecule has 0 aliphatic rings. The van der Waals surface area contributed by atoms with E-state index in [-0.39, 0.29) is 0 Å². The molecule has 5 rings (SSSR count). The summed E-state index contributed by atoms with van der Waals surface area (Å²) in [7, 11) is 0. The Morgan fingerprint density at radius 3 is 2.11 bits per heavy atom. The van der Waals surface area contributed by atoms with Crippen molar-refractivity contribution in [3.8, 4) is 22.4 Å². The Balaban J connectivity index is 1.65. The highest BCUT2D eigenvalue weighted by molar-refractivity contribution is 6.06. The maximum absolute atomic E-state index is 11.2. The second kappa shape index (κ2) is 9.81. The van der Waals surface area contributed by atoms with Gasteiger partial charge in [0.25, 0.3) is 0 Å². The van der Waals surface area contributed by atoms with E-state index in [1.165, 1.54) is 38.7 Å². The molecule has 4 aromatic carbocycles. The van der Waals surface area contributed by atoms with Crippen molar-refractivity contribution in [3.05, 3.63) is 114 Å². The maximum Gasteiger partial charge on any atom is 0.0891 e. The van der Waals surface area contributed by atoms with Crippen molar-refractivity contribution in [2.45, 2.75) is 33.4 Å². The van der Waals surface area contributed by atoms with E-state index in [1.807, 2.05) is 12.1 Å². The van der Waals surface area contributed by atoms with E-state index in [0.29, 0.717) is 13.1 Å². The molecule has 0 radical (unpaired) electrons. The molecule has 0 spiro atoms. The average molecular weight is 461 g/mol. The molecule has 35 heavy (non-hydrogen) atoms. The third-order valence-electron chi connectivity index (χ3n) is 6.55. The van der Waals surface area contributed by atoms with Gasteiger partial charge in [-0.25, -0.2) is 0 Å². The smallest absolute Gasteiger partial charge is 0.0891 e. The van der Waals surface area contributed by atoms with E-state index in [4.69, 9.17) is 0 Å². The summed E-state index contributed by atoms with van der Waals surface area (Å²) in [6.07, 6.45) is -0.557. The number of hydrogen-bond donors (Lipinski definition) is 2. The van der Waals surface area contributed by atoms with Crippen molar-refractivity contribution in [1.82, 2.24) is 4.57 Å². The minimum atomic E-state index is -0.557. The Morgan fingerprint density at radius 1 is 0.743 bits per heavy atom. The van der Waals surface area contributed by atoms with Crippen molar-refractivity contribution in [2.24, 2.45) is 0 Å². The van der Waals surface area contributed by atoms with Gasteiger partial charge in [-0.2, -0.15) is 0 Å². The van der Waals surface area contributed by atoms with Gasteiger partial charge in [-0.1, -0.05) is 84.4 Å². The van der Waals surface area contributed by atoms with Crippen LogP contribution in [0.4, 0.5) is 5.69 Å². The quantitative estimate of drug-likeness (QED) is 0.266. The van der Waals surface area contributed by atoms with Crippen LogP contribution in [0.2, 0.25) is 0 Å². The Bertz CT molecular complexity index is 1450. The van der Waals surface area contributed by atoms with Crippen LogP contribution in [0.3, 0.4) is 0 Å². The molecule has 1 heterocycles. The van der Waals surface area contributed by atoms with Crippen LogP contribution in [0.25, 0.3) is 33.3 Å². The van der Waals surface area contributed by atoms with Gasteiger partial charge in [0.05, 0.1) is 23.9 Å². The van der Waals surface area contributed by atoms with Gasteiger partial charge in [0.2, 0.25) is 0 Å². The molecule has 2 N–H and O–H groups in total.